The molecule has 2 aromatic carbocycles. The number of methoxy groups -OCH3 is 2. The predicted molar refractivity (Wildman–Crippen MR) is 125 cm³/mol. The minimum atomic E-state index is -3.59. The van der Waals surface area contributed by atoms with E-state index in [0.717, 1.165) is 16.1 Å². The van der Waals surface area contributed by atoms with Gasteiger partial charge in [0.15, 0.2) is 0 Å². The van der Waals surface area contributed by atoms with E-state index in [-0.39, 0.29) is 19.0 Å². The lowest BCUT2D eigenvalue weighted by molar-refractivity contribution is -0.141. The molecule has 2 aromatic rings. The Bertz CT molecular complexity index is 1010. The molecule has 0 saturated carbocycles. The van der Waals surface area contributed by atoms with Crippen LogP contribution in [0.5, 0.6) is 5.75 Å². The van der Waals surface area contributed by atoms with Crippen LogP contribution in [0.3, 0.4) is 0 Å². The second-order valence-electron chi connectivity index (χ2n) is 7.49. The minimum absolute atomic E-state index is 0.0949. The van der Waals surface area contributed by atoms with E-state index in [0.29, 0.717) is 17.9 Å². The van der Waals surface area contributed by atoms with E-state index in [2.05, 4.69) is 5.32 Å². The summed E-state index contributed by atoms with van der Waals surface area (Å²) in [5.74, 6) is -0.234. The van der Waals surface area contributed by atoms with Crippen LogP contribution in [0.15, 0.2) is 54.6 Å². The maximum atomic E-state index is 13.4. The maximum Gasteiger partial charge on any atom is 0.247 e. The predicted octanol–water partition coefficient (Wildman–Crippen LogP) is 1.42. The Morgan fingerprint density at radius 1 is 1.03 bits per heavy atom. The molecule has 0 fully saturated rings. The number of amides is 2. The van der Waals surface area contributed by atoms with Gasteiger partial charge in [-0.15, -0.1) is 0 Å². The maximum absolute atomic E-state index is 13.4. The van der Waals surface area contributed by atoms with Crippen LogP contribution < -0.4 is 10.1 Å². The Balaban J connectivity index is 2.45. The normalized spacial score (nSPS) is 12.3. The van der Waals surface area contributed by atoms with Crippen molar-refractivity contribution in [1.82, 2.24) is 14.5 Å². The van der Waals surface area contributed by atoms with Gasteiger partial charge in [0.05, 0.1) is 26.5 Å². The molecule has 2 amide bonds. The Morgan fingerprint density at radius 2 is 1.67 bits per heavy atom. The van der Waals surface area contributed by atoms with Crippen molar-refractivity contribution in [1.29, 1.82) is 0 Å². The zero-order chi connectivity index (χ0) is 24.4. The zero-order valence-corrected chi connectivity index (χ0v) is 20.2. The standard InChI is InChI=1S/C23H31N3O6S/c1-25(33(4,29)30)17-21(27)26(16-18-10-12-20(32-3)13-11-18)22(19-8-6-5-7-9-19)23(28)24-14-15-31-2/h5-13,22H,14-17H2,1-4H3,(H,24,28)/t22-/m1/s1. The highest BCUT2D eigenvalue weighted by Crippen LogP contribution is 2.25. The Hall–Kier alpha value is -2.95. The van der Waals surface area contributed by atoms with Gasteiger partial charge in [-0.05, 0) is 23.3 Å². The van der Waals surface area contributed by atoms with E-state index in [9.17, 15) is 18.0 Å². The van der Waals surface area contributed by atoms with Crippen molar-refractivity contribution < 1.29 is 27.5 Å². The lowest BCUT2D eigenvalue weighted by Gasteiger charge is -2.32. The van der Waals surface area contributed by atoms with E-state index >= 15 is 0 Å². The number of carbonyl (C=O) groups is 2. The molecule has 180 valence electrons. The second-order valence-corrected chi connectivity index (χ2v) is 9.58. The molecule has 0 heterocycles. The van der Waals surface area contributed by atoms with Gasteiger partial charge in [0, 0.05) is 27.2 Å². The fourth-order valence-electron chi connectivity index (χ4n) is 3.13. The molecule has 0 aliphatic heterocycles. The molecule has 1 atom stereocenters. The Labute approximate surface area is 195 Å². The molecule has 0 radical (unpaired) electrons. The first-order valence-electron chi connectivity index (χ1n) is 10.3. The van der Waals surface area contributed by atoms with Crippen LogP contribution in [0.25, 0.3) is 0 Å². The third-order valence-electron chi connectivity index (χ3n) is 5.04. The summed E-state index contributed by atoms with van der Waals surface area (Å²) in [6.07, 6.45) is 1.03. The third-order valence-corrected chi connectivity index (χ3v) is 6.30. The van der Waals surface area contributed by atoms with Gasteiger partial charge in [-0.1, -0.05) is 42.5 Å². The van der Waals surface area contributed by atoms with Crippen molar-refractivity contribution in [3.8, 4) is 5.75 Å². The van der Waals surface area contributed by atoms with Crippen molar-refractivity contribution in [2.75, 3.05) is 47.2 Å². The van der Waals surface area contributed by atoms with Gasteiger partial charge in [-0.25, -0.2) is 8.42 Å². The number of sulfonamides is 1. The number of rotatable bonds is 12. The first-order chi connectivity index (χ1) is 15.7. The van der Waals surface area contributed by atoms with Crippen molar-refractivity contribution in [2.45, 2.75) is 12.6 Å². The van der Waals surface area contributed by atoms with E-state index < -0.39 is 28.5 Å². The van der Waals surface area contributed by atoms with Crippen LogP contribution in [0.2, 0.25) is 0 Å². The highest BCUT2D eigenvalue weighted by Gasteiger charge is 2.32. The molecule has 0 spiro atoms. The SMILES string of the molecule is COCCNC(=O)[C@@H](c1ccccc1)N(Cc1ccc(OC)cc1)C(=O)CN(C)S(C)(=O)=O. The van der Waals surface area contributed by atoms with Gasteiger partial charge in [-0.2, -0.15) is 4.31 Å². The van der Waals surface area contributed by atoms with Crippen LogP contribution in [-0.4, -0.2) is 76.7 Å². The largest absolute Gasteiger partial charge is 0.497 e. The van der Waals surface area contributed by atoms with Gasteiger partial charge >= 0.3 is 0 Å². The molecule has 0 aliphatic carbocycles. The summed E-state index contributed by atoms with van der Waals surface area (Å²) in [6, 6.07) is 15.0. The van der Waals surface area contributed by atoms with Crippen molar-refractivity contribution in [2.24, 2.45) is 0 Å². The smallest absolute Gasteiger partial charge is 0.247 e. The van der Waals surface area contributed by atoms with Crippen molar-refractivity contribution in [3.05, 3.63) is 65.7 Å². The van der Waals surface area contributed by atoms with E-state index in [1.54, 1.807) is 55.6 Å². The monoisotopic (exact) mass is 477 g/mol. The molecular weight excluding hydrogens is 446 g/mol. The van der Waals surface area contributed by atoms with Gasteiger partial charge in [0.25, 0.3) is 0 Å². The van der Waals surface area contributed by atoms with Crippen LogP contribution in [-0.2, 0) is 30.9 Å². The summed E-state index contributed by atoms with van der Waals surface area (Å²) in [5.41, 5.74) is 1.37. The summed E-state index contributed by atoms with van der Waals surface area (Å²) in [4.78, 5) is 28.0. The lowest BCUT2D eigenvalue weighted by atomic mass is 10.0. The van der Waals surface area contributed by atoms with Crippen LogP contribution in [0.4, 0.5) is 0 Å². The molecule has 1 N–H and O–H groups in total. The van der Waals surface area contributed by atoms with E-state index in [1.807, 2.05) is 6.07 Å². The molecule has 0 unspecified atom stereocenters. The number of hydrogen-bond acceptors (Lipinski definition) is 6. The molecule has 0 aromatic heterocycles. The molecular formula is C23H31N3O6S. The fraction of sp³-hybridized carbons (Fsp3) is 0.391. The minimum Gasteiger partial charge on any atom is -0.497 e. The van der Waals surface area contributed by atoms with Crippen LogP contribution in [0, 0.1) is 0 Å². The summed E-state index contributed by atoms with van der Waals surface area (Å²) in [5, 5.41) is 2.80. The number of benzene rings is 2. The number of nitrogens with zero attached hydrogens (tertiary/aromatic N) is 2. The van der Waals surface area contributed by atoms with Crippen LogP contribution in [0.1, 0.15) is 17.2 Å². The zero-order valence-electron chi connectivity index (χ0n) is 19.4. The van der Waals surface area contributed by atoms with Crippen molar-refractivity contribution in [3.63, 3.8) is 0 Å². The highest BCUT2D eigenvalue weighted by molar-refractivity contribution is 7.88. The van der Waals surface area contributed by atoms with Crippen LogP contribution >= 0.6 is 0 Å². The summed E-state index contributed by atoms with van der Waals surface area (Å²) in [6.45, 7) is 0.282. The number of carbonyl (C=O) groups excluding carboxylic acids is 2. The first-order valence-corrected chi connectivity index (χ1v) is 12.2. The number of hydrogen-bond donors (Lipinski definition) is 1. The number of likely N-dealkylation sites (N-methyl/N-ethyl adjacent to an activating group) is 1. The van der Waals surface area contributed by atoms with Gasteiger partial charge < -0.3 is 19.7 Å². The number of ether oxygens (including phenoxy) is 2. The van der Waals surface area contributed by atoms with Gasteiger partial charge in [0.2, 0.25) is 21.8 Å². The third kappa shape index (κ3) is 7.85. The Kier molecular flexibility index (Phi) is 9.83. The fourth-order valence-corrected chi connectivity index (χ4v) is 3.48. The van der Waals surface area contributed by atoms with E-state index in [1.165, 1.54) is 19.1 Å². The molecule has 9 nitrogen and oxygen atoms in total. The molecule has 2 rings (SSSR count). The number of nitrogens with one attached hydrogen (secondary N) is 1. The summed E-state index contributed by atoms with van der Waals surface area (Å²) in [7, 11) is 0.825. The highest BCUT2D eigenvalue weighted by atomic mass is 32.2. The van der Waals surface area contributed by atoms with E-state index in [4.69, 9.17) is 9.47 Å². The Morgan fingerprint density at radius 3 is 2.21 bits per heavy atom. The molecule has 0 saturated heterocycles. The lowest BCUT2D eigenvalue weighted by Crippen LogP contribution is -2.47. The molecule has 10 heteroatoms. The topological polar surface area (TPSA) is 105 Å². The molecule has 33 heavy (non-hydrogen) atoms. The first kappa shape index (κ1) is 26.3. The summed E-state index contributed by atoms with van der Waals surface area (Å²) >= 11 is 0. The van der Waals surface area contributed by atoms with Crippen molar-refractivity contribution >= 4 is 21.8 Å². The summed E-state index contributed by atoms with van der Waals surface area (Å²) < 4.78 is 35.0. The second kappa shape index (κ2) is 12.3. The quantitative estimate of drug-likeness (QED) is 0.464. The van der Waals surface area contributed by atoms with Gasteiger partial charge in [0.1, 0.15) is 11.8 Å². The average Bonchev–Trinajstić information content (AvgIpc) is 2.79. The molecule has 0 bridgehead atoms. The van der Waals surface area contributed by atoms with Gasteiger partial charge in [-0.3, -0.25) is 9.59 Å². The average molecular weight is 478 g/mol. The molecule has 0 aliphatic rings.